The minimum Gasteiger partial charge on any atom is -0.383 e. The minimum absolute atomic E-state index is 0.0548. The summed E-state index contributed by atoms with van der Waals surface area (Å²) in [7, 11) is 0. The number of carbonyl (C=O) groups is 1. The molecule has 0 aliphatic rings. The Morgan fingerprint density at radius 3 is 2.81 bits per heavy atom. The van der Waals surface area contributed by atoms with Crippen LogP contribution < -0.4 is 10.6 Å². The van der Waals surface area contributed by atoms with Gasteiger partial charge in [-0.05, 0) is 22.8 Å². The molecule has 0 aliphatic carbocycles. The molecule has 2 N–H and O–H groups in total. The number of carbonyl (C=O) groups excluding carboxylic acids is 1. The Morgan fingerprint density at radius 2 is 2.10 bits per heavy atom. The maximum Gasteiger partial charge on any atom is 0.300 e. The van der Waals surface area contributed by atoms with E-state index in [0.29, 0.717) is 25.2 Å². The van der Waals surface area contributed by atoms with Gasteiger partial charge in [-0.25, -0.2) is 4.63 Å². The second-order valence-electron chi connectivity index (χ2n) is 4.38. The largest absolute Gasteiger partial charge is 0.383 e. The molecular formula is C12H15N5O4. The van der Waals surface area contributed by atoms with Gasteiger partial charge in [-0.15, -0.1) is 0 Å². The summed E-state index contributed by atoms with van der Waals surface area (Å²) >= 11 is 0. The van der Waals surface area contributed by atoms with Gasteiger partial charge in [0.1, 0.15) is 0 Å². The fourth-order valence-electron chi connectivity index (χ4n) is 1.81. The molecule has 2 aromatic rings. The summed E-state index contributed by atoms with van der Waals surface area (Å²) in [5.41, 5.74) is 0.733. The first-order chi connectivity index (χ1) is 10.1. The van der Waals surface area contributed by atoms with E-state index >= 15 is 0 Å². The van der Waals surface area contributed by atoms with Crippen LogP contribution in [0.4, 0.5) is 11.4 Å². The van der Waals surface area contributed by atoms with Gasteiger partial charge in [0.15, 0.2) is 5.52 Å². The molecule has 9 heteroatoms. The average Bonchev–Trinajstić information content (AvgIpc) is 2.94. The number of fused-ring (bicyclic) bond motifs is 1. The summed E-state index contributed by atoms with van der Waals surface area (Å²) < 4.78 is 4.55. The molecule has 0 saturated heterocycles. The number of nitro groups is 1. The van der Waals surface area contributed by atoms with Gasteiger partial charge >= 0.3 is 5.69 Å². The highest BCUT2D eigenvalue weighted by Gasteiger charge is 2.19. The molecule has 21 heavy (non-hydrogen) atoms. The van der Waals surface area contributed by atoms with Crippen molar-refractivity contribution >= 4 is 28.3 Å². The zero-order chi connectivity index (χ0) is 15.2. The van der Waals surface area contributed by atoms with Crippen molar-refractivity contribution in [3.05, 3.63) is 22.2 Å². The third kappa shape index (κ3) is 3.44. The number of hydrogen-bond acceptors (Lipinski definition) is 7. The molecule has 112 valence electrons. The summed E-state index contributed by atoms with van der Waals surface area (Å²) in [6.45, 7) is 3.01. The number of nitrogens with zero attached hydrogens (tertiary/aromatic N) is 3. The normalized spacial score (nSPS) is 10.5. The molecule has 0 fully saturated rings. The quantitative estimate of drug-likeness (QED) is 0.585. The van der Waals surface area contributed by atoms with E-state index in [9.17, 15) is 14.9 Å². The number of nitrogens with one attached hydrogen (secondary N) is 2. The monoisotopic (exact) mass is 293 g/mol. The smallest absolute Gasteiger partial charge is 0.300 e. The van der Waals surface area contributed by atoms with Crippen LogP contribution >= 0.6 is 0 Å². The molecule has 0 spiro atoms. The molecule has 9 nitrogen and oxygen atoms in total. The van der Waals surface area contributed by atoms with Gasteiger partial charge in [-0.1, -0.05) is 6.92 Å². The lowest BCUT2D eigenvalue weighted by atomic mass is 10.2. The Hall–Kier alpha value is -2.71. The standard InChI is InChI=1S/C12H15N5O4/c1-2-6-14-10(18)5-7-13-8-3-4-9(17(19)20)12-11(8)15-21-16-12/h3-4,13H,2,5-7H2,1H3,(H,14,18). The second-order valence-corrected chi connectivity index (χ2v) is 4.38. The molecule has 1 aromatic carbocycles. The minimum atomic E-state index is -0.547. The van der Waals surface area contributed by atoms with Crippen LogP contribution in [0.25, 0.3) is 11.0 Å². The lowest BCUT2D eigenvalue weighted by Crippen LogP contribution is -2.25. The topological polar surface area (TPSA) is 123 Å². The van der Waals surface area contributed by atoms with E-state index in [0.717, 1.165) is 6.42 Å². The van der Waals surface area contributed by atoms with Crippen LogP contribution in [-0.2, 0) is 4.79 Å². The second kappa shape index (κ2) is 6.64. The summed E-state index contributed by atoms with van der Waals surface area (Å²) in [5, 5.41) is 23.8. The van der Waals surface area contributed by atoms with Crippen molar-refractivity contribution in [2.75, 3.05) is 18.4 Å². The molecule has 0 radical (unpaired) electrons. The molecule has 2 rings (SSSR count). The fourth-order valence-corrected chi connectivity index (χ4v) is 1.81. The van der Waals surface area contributed by atoms with Crippen molar-refractivity contribution in [2.45, 2.75) is 19.8 Å². The first-order valence-corrected chi connectivity index (χ1v) is 6.53. The Balaban J connectivity index is 2.03. The Labute approximate surface area is 119 Å². The van der Waals surface area contributed by atoms with Gasteiger partial charge < -0.3 is 10.6 Å². The number of anilines is 1. The van der Waals surface area contributed by atoms with E-state index in [1.807, 2.05) is 6.92 Å². The number of nitro benzene ring substituents is 1. The fraction of sp³-hybridized carbons (Fsp3) is 0.417. The SMILES string of the molecule is CCCNC(=O)CCNc1ccc([N+](=O)[O-])c2nonc12. The zero-order valence-corrected chi connectivity index (χ0v) is 11.5. The van der Waals surface area contributed by atoms with E-state index in [-0.39, 0.29) is 22.6 Å². The molecule has 1 amide bonds. The van der Waals surface area contributed by atoms with E-state index in [1.54, 1.807) is 0 Å². The van der Waals surface area contributed by atoms with Crippen LogP contribution in [-0.4, -0.2) is 34.2 Å². The molecule has 1 aromatic heterocycles. The van der Waals surface area contributed by atoms with E-state index in [4.69, 9.17) is 0 Å². The van der Waals surface area contributed by atoms with Gasteiger partial charge in [0.25, 0.3) is 0 Å². The Kier molecular flexibility index (Phi) is 4.64. The number of hydrogen-bond donors (Lipinski definition) is 2. The van der Waals surface area contributed by atoms with Crippen molar-refractivity contribution in [2.24, 2.45) is 0 Å². The molecule has 0 saturated carbocycles. The lowest BCUT2D eigenvalue weighted by Gasteiger charge is -2.06. The molecular weight excluding hydrogens is 278 g/mol. The molecule has 0 aliphatic heterocycles. The Bertz CT molecular complexity index is 654. The van der Waals surface area contributed by atoms with Crippen molar-refractivity contribution < 1.29 is 14.3 Å². The molecule has 0 bridgehead atoms. The van der Waals surface area contributed by atoms with Crippen molar-refractivity contribution in [1.82, 2.24) is 15.6 Å². The first-order valence-electron chi connectivity index (χ1n) is 6.53. The highest BCUT2D eigenvalue weighted by Crippen LogP contribution is 2.28. The van der Waals surface area contributed by atoms with Crippen molar-refractivity contribution in [1.29, 1.82) is 0 Å². The number of benzene rings is 1. The zero-order valence-electron chi connectivity index (χ0n) is 11.5. The van der Waals surface area contributed by atoms with Crippen molar-refractivity contribution in [3.8, 4) is 0 Å². The summed E-state index contributed by atoms with van der Waals surface area (Å²) in [6.07, 6.45) is 1.18. The van der Waals surface area contributed by atoms with Gasteiger partial charge in [0, 0.05) is 25.6 Å². The number of rotatable bonds is 7. The van der Waals surface area contributed by atoms with Crippen LogP contribution in [0, 0.1) is 10.1 Å². The van der Waals surface area contributed by atoms with Crippen LogP contribution in [0.2, 0.25) is 0 Å². The van der Waals surface area contributed by atoms with E-state index < -0.39 is 4.92 Å². The highest BCUT2D eigenvalue weighted by atomic mass is 16.6. The summed E-state index contributed by atoms with van der Waals surface area (Å²) in [4.78, 5) is 21.8. The van der Waals surface area contributed by atoms with Crippen LogP contribution in [0.5, 0.6) is 0 Å². The Morgan fingerprint density at radius 1 is 1.33 bits per heavy atom. The van der Waals surface area contributed by atoms with Crippen LogP contribution in [0.1, 0.15) is 19.8 Å². The van der Waals surface area contributed by atoms with Crippen LogP contribution in [0.15, 0.2) is 16.8 Å². The van der Waals surface area contributed by atoms with Crippen molar-refractivity contribution in [3.63, 3.8) is 0 Å². The third-order valence-electron chi connectivity index (χ3n) is 2.83. The van der Waals surface area contributed by atoms with Gasteiger partial charge in [-0.2, -0.15) is 0 Å². The van der Waals surface area contributed by atoms with E-state index in [2.05, 4.69) is 25.6 Å². The van der Waals surface area contributed by atoms with E-state index in [1.165, 1.54) is 12.1 Å². The van der Waals surface area contributed by atoms with Gasteiger partial charge in [-0.3, -0.25) is 14.9 Å². The summed E-state index contributed by atoms with van der Waals surface area (Å²) in [6, 6.07) is 2.85. The average molecular weight is 293 g/mol. The lowest BCUT2D eigenvalue weighted by molar-refractivity contribution is -0.383. The predicted octanol–water partition coefficient (Wildman–Crippen LogP) is 1.46. The molecule has 0 atom stereocenters. The molecule has 0 unspecified atom stereocenters. The van der Waals surface area contributed by atoms with Gasteiger partial charge in [0.05, 0.1) is 10.6 Å². The number of amides is 1. The predicted molar refractivity (Wildman–Crippen MR) is 74.9 cm³/mol. The third-order valence-corrected chi connectivity index (χ3v) is 2.83. The summed E-state index contributed by atoms with van der Waals surface area (Å²) in [5.74, 6) is -0.0548. The number of non-ortho nitro benzene ring substituents is 1. The van der Waals surface area contributed by atoms with Crippen LogP contribution in [0.3, 0.4) is 0 Å². The number of aromatic nitrogens is 2. The first kappa shape index (κ1) is 14.7. The van der Waals surface area contributed by atoms with Gasteiger partial charge in [0.2, 0.25) is 11.4 Å². The molecule has 1 heterocycles. The maximum absolute atomic E-state index is 11.5. The maximum atomic E-state index is 11.5. The highest BCUT2D eigenvalue weighted by molar-refractivity contribution is 5.93.